The Morgan fingerprint density at radius 1 is 1.21 bits per heavy atom. The summed E-state index contributed by atoms with van der Waals surface area (Å²) < 4.78 is 12.9. The van der Waals surface area contributed by atoms with E-state index in [9.17, 15) is 4.39 Å². The van der Waals surface area contributed by atoms with Crippen LogP contribution in [0, 0.1) is 5.82 Å². The highest BCUT2D eigenvalue weighted by Crippen LogP contribution is 2.23. The molecule has 1 N–H and O–H groups in total. The molecule has 0 aliphatic heterocycles. The Balaban J connectivity index is 2.57. The van der Waals surface area contributed by atoms with Crippen LogP contribution < -0.4 is 0 Å². The summed E-state index contributed by atoms with van der Waals surface area (Å²) in [5.74, 6) is -0.253. The molecule has 0 bridgehead atoms. The minimum atomic E-state index is -0.253. The molecule has 0 amide bonds. The zero-order valence-corrected chi connectivity index (χ0v) is 7.16. The van der Waals surface area contributed by atoms with Gasteiger partial charge in [-0.25, -0.2) is 14.4 Å². The third-order valence-corrected chi connectivity index (χ3v) is 2.24. The van der Waals surface area contributed by atoms with Gasteiger partial charge in [-0.1, -0.05) is 0 Å². The zero-order valence-electron chi connectivity index (χ0n) is 7.16. The van der Waals surface area contributed by atoms with E-state index >= 15 is 0 Å². The fourth-order valence-corrected chi connectivity index (χ4v) is 1.61. The number of aromatic amines is 1. The number of nitrogens with one attached hydrogen (secondary N) is 1. The van der Waals surface area contributed by atoms with Crippen LogP contribution in [0.1, 0.15) is 0 Å². The summed E-state index contributed by atoms with van der Waals surface area (Å²) >= 11 is 0. The molecule has 0 aliphatic rings. The first-order valence-electron chi connectivity index (χ1n) is 4.21. The normalized spacial score (nSPS) is 11.2. The quantitative estimate of drug-likeness (QED) is 0.586. The maximum Gasteiger partial charge on any atom is 0.141 e. The van der Waals surface area contributed by atoms with E-state index in [0.717, 1.165) is 21.9 Å². The average molecular weight is 187 g/mol. The van der Waals surface area contributed by atoms with E-state index in [0.29, 0.717) is 0 Å². The van der Waals surface area contributed by atoms with Crippen molar-refractivity contribution in [2.24, 2.45) is 0 Å². The van der Waals surface area contributed by atoms with Crippen LogP contribution in [0.2, 0.25) is 0 Å². The summed E-state index contributed by atoms with van der Waals surface area (Å²) in [6.07, 6.45) is 3.19. The summed E-state index contributed by atoms with van der Waals surface area (Å²) in [7, 11) is 0. The standard InChI is InChI=1S/C10H6FN3/c11-6-1-2-7-8-4-12-5-13-10(8)14-9(7)3-6/h1-5H,(H,12,13,14). The predicted octanol–water partition coefficient (Wildman–Crippen LogP) is 2.25. The lowest BCUT2D eigenvalue weighted by Gasteiger charge is -1.89. The maximum atomic E-state index is 12.9. The van der Waals surface area contributed by atoms with Crippen LogP contribution in [0.25, 0.3) is 21.9 Å². The van der Waals surface area contributed by atoms with Gasteiger partial charge in [-0.2, -0.15) is 0 Å². The Kier molecular flexibility index (Phi) is 1.33. The predicted molar refractivity (Wildman–Crippen MR) is 51.4 cm³/mol. The van der Waals surface area contributed by atoms with Crippen molar-refractivity contribution in [3.63, 3.8) is 0 Å². The molecule has 0 saturated carbocycles. The Labute approximate surface area is 78.6 Å². The molecule has 0 saturated heterocycles. The van der Waals surface area contributed by atoms with Crippen molar-refractivity contribution in [3.05, 3.63) is 36.5 Å². The van der Waals surface area contributed by atoms with Crippen LogP contribution in [-0.2, 0) is 0 Å². The van der Waals surface area contributed by atoms with Gasteiger partial charge in [0.15, 0.2) is 0 Å². The summed E-state index contributed by atoms with van der Waals surface area (Å²) in [6, 6.07) is 4.62. The molecule has 0 radical (unpaired) electrons. The molecule has 3 rings (SSSR count). The van der Waals surface area contributed by atoms with Crippen LogP contribution in [0.4, 0.5) is 4.39 Å². The number of benzene rings is 1. The SMILES string of the molecule is Fc1ccc2c(c1)[nH]c1ncncc12. The molecular formula is C10H6FN3. The summed E-state index contributed by atoms with van der Waals surface area (Å²) in [6.45, 7) is 0. The number of hydrogen-bond acceptors (Lipinski definition) is 2. The van der Waals surface area contributed by atoms with Gasteiger partial charge in [-0.3, -0.25) is 0 Å². The summed E-state index contributed by atoms with van der Waals surface area (Å²) in [5, 5.41) is 1.87. The van der Waals surface area contributed by atoms with Crippen molar-refractivity contribution in [3.8, 4) is 0 Å². The number of fused-ring (bicyclic) bond motifs is 3. The lowest BCUT2D eigenvalue weighted by Crippen LogP contribution is -1.75. The van der Waals surface area contributed by atoms with E-state index in [1.165, 1.54) is 18.5 Å². The number of rotatable bonds is 0. The Morgan fingerprint density at radius 2 is 2.14 bits per heavy atom. The first-order chi connectivity index (χ1) is 6.84. The van der Waals surface area contributed by atoms with Gasteiger partial charge in [0, 0.05) is 17.0 Å². The van der Waals surface area contributed by atoms with E-state index in [1.807, 2.05) is 0 Å². The smallest absolute Gasteiger partial charge is 0.141 e. The van der Waals surface area contributed by atoms with Crippen molar-refractivity contribution in [2.45, 2.75) is 0 Å². The van der Waals surface area contributed by atoms with E-state index < -0.39 is 0 Å². The van der Waals surface area contributed by atoms with Crippen LogP contribution >= 0.6 is 0 Å². The van der Waals surface area contributed by atoms with Gasteiger partial charge in [-0.15, -0.1) is 0 Å². The van der Waals surface area contributed by atoms with Gasteiger partial charge in [0.2, 0.25) is 0 Å². The molecule has 3 nitrogen and oxygen atoms in total. The second-order valence-electron chi connectivity index (χ2n) is 3.10. The molecule has 1 aromatic carbocycles. The highest BCUT2D eigenvalue weighted by molar-refractivity contribution is 6.05. The molecule has 4 heteroatoms. The molecule has 0 fully saturated rings. The molecular weight excluding hydrogens is 181 g/mol. The van der Waals surface area contributed by atoms with E-state index in [2.05, 4.69) is 15.0 Å². The first kappa shape index (κ1) is 7.44. The van der Waals surface area contributed by atoms with Crippen LogP contribution in [0.3, 0.4) is 0 Å². The lowest BCUT2D eigenvalue weighted by atomic mass is 10.2. The number of H-pyrrole nitrogens is 1. The number of halogens is 1. The van der Waals surface area contributed by atoms with Crippen molar-refractivity contribution >= 4 is 21.9 Å². The van der Waals surface area contributed by atoms with Crippen LogP contribution in [-0.4, -0.2) is 15.0 Å². The van der Waals surface area contributed by atoms with E-state index in [-0.39, 0.29) is 5.82 Å². The van der Waals surface area contributed by atoms with Gasteiger partial charge in [0.05, 0.1) is 5.52 Å². The number of nitrogens with zero attached hydrogens (tertiary/aromatic N) is 2. The van der Waals surface area contributed by atoms with Gasteiger partial charge < -0.3 is 4.98 Å². The number of hydrogen-bond donors (Lipinski definition) is 1. The van der Waals surface area contributed by atoms with E-state index in [4.69, 9.17) is 0 Å². The van der Waals surface area contributed by atoms with Crippen molar-refractivity contribution in [1.29, 1.82) is 0 Å². The fraction of sp³-hybridized carbons (Fsp3) is 0. The third kappa shape index (κ3) is 0.907. The largest absolute Gasteiger partial charge is 0.339 e. The van der Waals surface area contributed by atoms with Gasteiger partial charge in [-0.05, 0) is 18.2 Å². The van der Waals surface area contributed by atoms with Gasteiger partial charge >= 0.3 is 0 Å². The minimum absolute atomic E-state index is 0.253. The third-order valence-electron chi connectivity index (χ3n) is 2.24. The molecule has 0 aliphatic carbocycles. The second kappa shape index (κ2) is 2.51. The van der Waals surface area contributed by atoms with Crippen molar-refractivity contribution in [2.75, 3.05) is 0 Å². The van der Waals surface area contributed by atoms with Crippen molar-refractivity contribution < 1.29 is 4.39 Å². The zero-order chi connectivity index (χ0) is 9.54. The molecule has 0 spiro atoms. The van der Waals surface area contributed by atoms with Crippen molar-refractivity contribution in [1.82, 2.24) is 15.0 Å². The van der Waals surface area contributed by atoms with Gasteiger partial charge in [0.25, 0.3) is 0 Å². The maximum absolute atomic E-state index is 12.9. The molecule has 2 heterocycles. The van der Waals surface area contributed by atoms with Gasteiger partial charge in [0.1, 0.15) is 17.8 Å². The molecule has 3 aromatic rings. The molecule has 68 valence electrons. The van der Waals surface area contributed by atoms with Crippen LogP contribution in [0.5, 0.6) is 0 Å². The minimum Gasteiger partial charge on any atom is -0.339 e. The number of aromatic nitrogens is 3. The van der Waals surface area contributed by atoms with Crippen LogP contribution in [0.15, 0.2) is 30.7 Å². The second-order valence-corrected chi connectivity index (χ2v) is 3.10. The summed E-state index contributed by atoms with van der Waals surface area (Å²) in [5.41, 5.74) is 1.49. The molecule has 0 atom stereocenters. The lowest BCUT2D eigenvalue weighted by molar-refractivity contribution is 0.629. The van der Waals surface area contributed by atoms with E-state index in [1.54, 1.807) is 12.3 Å². The fourth-order valence-electron chi connectivity index (χ4n) is 1.61. The first-order valence-corrected chi connectivity index (χ1v) is 4.21. The Morgan fingerprint density at radius 3 is 3.07 bits per heavy atom. The molecule has 2 aromatic heterocycles. The summed E-state index contributed by atoms with van der Waals surface area (Å²) in [4.78, 5) is 11.0. The molecule has 14 heavy (non-hydrogen) atoms. The highest BCUT2D eigenvalue weighted by atomic mass is 19.1. The monoisotopic (exact) mass is 187 g/mol. The molecule has 0 unspecified atom stereocenters. The highest BCUT2D eigenvalue weighted by Gasteiger charge is 2.04. The Hall–Kier alpha value is -1.97. The Bertz CT molecular complexity index is 615. The average Bonchev–Trinajstić information content (AvgIpc) is 2.54. The topological polar surface area (TPSA) is 41.6 Å².